The molecule has 2 unspecified atom stereocenters. The molecule has 1 amide bonds. The highest BCUT2D eigenvalue weighted by molar-refractivity contribution is 5.87. The Balaban J connectivity index is 2.20. The Kier molecular flexibility index (Phi) is 3.02. The zero-order valence-corrected chi connectivity index (χ0v) is 7.06. The van der Waals surface area contributed by atoms with Gasteiger partial charge in [-0.05, 0) is 0 Å². The fourth-order valence-corrected chi connectivity index (χ4v) is 1.19. The first-order valence-corrected chi connectivity index (χ1v) is 3.86. The highest BCUT2D eigenvalue weighted by Gasteiger charge is 2.34. The van der Waals surface area contributed by atoms with Gasteiger partial charge < -0.3 is 20.5 Å². The molecule has 70 valence electrons. The first-order chi connectivity index (χ1) is 5.65. The fraction of sp³-hybridized carbons (Fsp3) is 0.857. The second-order valence-electron chi connectivity index (χ2n) is 2.96. The summed E-state index contributed by atoms with van der Waals surface area (Å²) in [6.45, 7) is 1.11. The van der Waals surface area contributed by atoms with Crippen molar-refractivity contribution in [2.75, 3.05) is 26.8 Å². The van der Waals surface area contributed by atoms with Crippen LogP contribution in [0, 0.1) is 0 Å². The van der Waals surface area contributed by atoms with Crippen molar-refractivity contribution in [1.82, 2.24) is 4.90 Å². The summed E-state index contributed by atoms with van der Waals surface area (Å²) in [6, 6.07) is -0.361. The van der Waals surface area contributed by atoms with Gasteiger partial charge in [0.05, 0.1) is 12.7 Å². The maximum atomic E-state index is 11.0. The number of nitrogens with two attached hydrogens (primary N) is 1. The van der Waals surface area contributed by atoms with E-state index >= 15 is 0 Å². The summed E-state index contributed by atoms with van der Waals surface area (Å²) in [4.78, 5) is 12.5. The standard InChI is InChI=1S/C7H14N2O3/c1-12-4-5(10)2-9-3-6(8)7(9)11/h5-6,10H,2-4,8H2,1H3. The fourth-order valence-electron chi connectivity index (χ4n) is 1.19. The predicted octanol–water partition coefficient (Wildman–Crippen LogP) is -1.84. The van der Waals surface area contributed by atoms with E-state index in [1.165, 1.54) is 12.0 Å². The molecule has 3 N–H and O–H groups in total. The smallest absolute Gasteiger partial charge is 0.241 e. The van der Waals surface area contributed by atoms with Crippen LogP contribution < -0.4 is 5.73 Å². The number of rotatable bonds is 4. The average Bonchev–Trinajstić information content (AvgIpc) is 2.04. The normalized spacial score (nSPS) is 25.4. The first kappa shape index (κ1) is 9.44. The largest absolute Gasteiger partial charge is 0.389 e. The van der Waals surface area contributed by atoms with Crippen LogP contribution in [-0.4, -0.2) is 54.9 Å². The molecule has 0 aromatic rings. The van der Waals surface area contributed by atoms with Crippen molar-refractivity contribution in [3.8, 4) is 0 Å². The van der Waals surface area contributed by atoms with E-state index in [1.54, 1.807) is 0 Å². The highest BCUT2D eigenvalue weighted by atomic mass is 16.5. The molecule has 0 aliphatic carbocycles. The molecule has 1 aliphatic rings. The van der Waals surface area contributed by atoms with Gasteiger partial charge in [-0.25, -0.2) is 0 Å². The van der Waals surface area contributed by atoms with Gasteiger partial charge in [0.15, 0.2) is 0 Å². The molecular formula is C7H14N2O3. The minimum absolute atomic E-state index is 0.0925. The molecule has 1 rings (SSSR count). The quantitative estimate of drug-likeness (QED) is 0.491. The van der Waals surface area contributed by atoms with Crippen molar-refractivity contribution >= 4 is 5.91 Å². The van der Waals surface area contributed by atoms with Crippen molar-refractivity contribution in [2.24, 2.45) is 5.73 Å². The van der Waals surface area contributed by atoms with Crippen LogP contribution in [0.3, 0.4) is 0 Å². The van der Waals surface area contributed by atoms with Crippen LogP contribution in [0.4, 0.5) is 0 Å². The third-order valence-electron chi connectivity index (χ3n) is 1.84. The number of aliphatic hydroxyl groups excluding tert-OH is 1. The molecule has 0 bridgehead atoms. The first-order valence-electron chi connectivity index (χ1n) is 3.86. The Morgan fingerprint density at radius 1 is 1.92 bits per heavy atom. The lowest BCUT2D eigenvalue weighted by molar-refractivity contribution is -0.144. The highest BCUT2D eigenvalue weighted by Crippen LogP contribution is 2.07. The van der Waals surface area contributed by atoms with E-state index in [4.69, 9.17) is 10.5 Å². The molecule has 1 fully saturated rings. The van der Waals surface area contributed by atoms with Gasteiger partial charge in [-0.15, -0.1) is 0 Å². The Morgan fingerprint density at radius 3 is 3.00 bits per heavy atom. The molecule has 0 aromatic heterocycles. The van der Waals surface area contributed by atoms with Crippen LogP contribution in [0.1, 0.15) is 0 Å². The van der Waals surface area contributed by atoms with Gasteiger partial charge >= 0.3 is 0 Å². The van der Waals surface area contributed by atoms with Gasteiger partial charge in [0.2, 0.25) is 5.91 Å². The minimum Gasteiger partial charge on any atom is -0.389 e. The number of carbonyl (C=O) groups is 1. The SMILES string of the molecule is COCC(O)CN1CC(N)C1=O. The van der Waals surface area contributed by atoms with Crippen LogP contribution in [0.5, 0.6) is 0 Å². The summed E-state index contributed by atoms with van der Waals surface area (Å²) >= 11 is 0. The van der Waals surface area contributed by atoms with Crippen molar-refractivity contribution in [2.45, 2.75) is 12.1 Å². The van der Waals surface area contributed by atoms with Crippen LogP contribution in [0.2, 0.25) is 0 Å². The molecule has 0 saturated carbocycles. The van der Waals surface area contributed by atoms with E-state index in [2.05, 4.69) is 0 Å². The zero-order chi connectivity index (χ0) is 9.14. The summed E-state index contributed by atoms with van der Waals surface area (Å²) < 4.78 is 4.72. The zero-order valence-electron chi connectivity index (χ0n) is 7.06. The lowest BCUT2D eigenvalue weighted by Gasteiger charge is -2.37. The van der Waals surface area contributed by atoms with Gasteiger partial charge in [-0.3, -0.25) is 4.79 Å². The number of hydrogen-bond acceptors (Lipinski definition) is 4. The maximum Gasteiger partial charge on any atom is 0.241 e. The van der Waals surface area contributed by atoms with Crippen molar-refractivity contribution in [1.29, 1.82) is 0 Å². The summed E-state index contributed by atoms with van der Waals surface area (Å²) in [5.41, 5.74) is 5.36. The maximum absolute atomic E-state index is 11.0. The molecule has 0 aromatic carbocycles. The number of nitrogens with zero attached hydrogens (tertiary/aromatic N) is 1. The van der Waals surface area contributed by atoms with Crippen LogP contribution in [-0.2, 0) is 9.53 Å². The second kappa shape index (κ2) is 3.84. The van der Waals surface area contributed by atoms with Crippen molar-refractivity contribution in [3.05, 3.63) is 0 Å². The Labute approximate surface area is 71.1 Å². The van der Waals surface area contributed by atoms with Gasteiger partial charge in [-0.1, -0.05) is 0 Å². The van der Waals surface area contributed by atoms with E-state index in [-0.39, 0.29) is 18.6 Å². The molecule has 1 heterocycles. The minimum atomic E-state index is -0.605. The van der Waals surface area contributed by atoms with E-state index in [0.717, 1.165) is 0 Å². The molecule has 0 radical (unpaired) electrons. The van der Waals surface area contributed by atoms with E-state index in [1.807, 2.05) is 0 Å². The van der Waals surface area contributed by atoms with Crippen molar-refractivity contribution < 1.29 is 14.6 Å². The lowest BCUT2D eigenvalue weighted by Crippen LogP contribution is -2.62. The Morgan fingerprint density at radius 2 is 2.58 bits per heavy atom. The monoisotopic (exact) mass is 174 g/mol. The number of β-lactam (4-membered cyclic amide) rings is 1. The van der Waals surface area contributed by atoms with Gasteiger partial charge in [0.25, 0.3) is 0 Å². The van der Waals surface area contributed by atoms with Crippen LogP contribution >= 0.6 is 0 Å². The van der Waals surface area contributed by atoms with Gasteiger partial charge in [0, 0.05) is 20.2 Å². The molecular weight excluding hydrogens is 160 g/mol. The summed E-state index contributed by atoms with van der Waals surface area (Å²) in [7, 11) is 1.51. The number of ether oxygens (including phenoxy) is 1. The summed E-state index contributed by atoms with van der Waals surface area (Å²) in [5.74, 6) is -0.0925. The number of hydrogen-bond donors (Lipinski definition) is 2. The predicted molar refractivity (Wildman–Crippen MR) is 42.4 cm³/mol. The average molecular weight is 174 g/mol. The summed E-state index contributed by atoms with van der Waals surface area (Å²) in [5, 5.41) is 9.23. The molecule has 2 atom stereocenters. The number of carbonyl (C=O) groups excluding carboxylic acids is 1. The molecule has 12 heavy (non-hydrogen) atoms. The third-order valence-corrected chi connectivity index (χ3v) is 1.84. The third kappa shape index (κ3) is 1.94. The van der Waals surface area contributed by atoms with Crippen LogP contribution in [0.15, 0.2) is 0 Å². The second-order valence-corrected chi connectivity index (χ2v) is 2.96. The number of amides is 1. The van der Waals surface area contributed by atoms with E-state index in [9.17, 15) is 9.90 Å². The van der Waals surface area contributed by atoms with E-state index in [0.29, 0.717) is 13.1 Å². The number of likely N-dealkylation sites (tertiary alicyclic amines) is 1. The molecule has 5 heteroatoms. The summed E-state index contributed by atoms with van der Waals surface area (Å²) in [6.07, 6.45) is -0.605. The molecule has 5 nitrogen and oxygen atoms in total. The number of methoxy groups -OCH3 is 1. The number of β-amino-alcohol motifs (C(OH)–C–C–N with tert-alkyl or cyclic N) is 1. The van der Waals surface area contributed by atoms with Gasteiger partial charge in [-0.2, -0.15) is 0 Å². The topological polar surface area (TPSA) is 75.8 Å². The lowest BCUT2D eigenvalue weighted by atomic mass is 10.1. The molecule has 1 saturated heterocycles. The molecule has 1 aliphatic heterocycles. The van der Waals surface area contributed by atoms with Crippen molar-refractivity contribution in [3.63, 3.8) is 0 Å². The number of aliphatic hydroxyl groups is 1. The Hall–Kier alpha value is -0.650. The van der Waals surface area contributed by atoms with Crippen LogP contribution in [0.25, 0.3) is 0 Å². The molecule has 0 spiro atoms. The van der Waals surface area contributed by atoms with Gasteiger partial charge in [0.1, 0.15) is 6.04 Å². The Bertz CT molecular complexity index is 174. The van der Waals surface area contributed by atoms with E-state index < -0.39 is 6.10 Å².